The van der Waals surface area contributed by atoms with Crippen LogP contribution in [0.4, 0.5) is 14.9 Å². The van der Waals surface area contributed by atoms with Crippen LogP contribution in [0.3, 0.4) is 0 Å². The minimum absolute atomic E-state index is 0.0681. The average molecular weight is 384 g/mol. The van der Waals surface area contributed by atoms with Crippen LogP contribution in [0.5, 0.6) is 0 Å². The molecule has 1 heterocycles. The number of carbonyl (C=O) groups is 3. The van der Waals surface area contributed by atoms with Crippen molar-refractivity contribution in [3.05, 3.63) is 70.4 Å². The number of fused-ring (bicyclic) bond motifs is 1. The zero-order valence-electron chi connectivity index (χ0n) is 14.2. The van der Waals surface area contributed by atoms with Gasteiger partial charge in [0.05, 0.1) is 11.1 Å². The molecule has 0 aliphatic rings. The smallest absolute Gasteiger partial charge is 0.357 e. The van der Waals surface area contributed by atoms with Crippen molar-refractivity contribution in [3.8, 4) is 0 Å². The summed E-state index contributed by atoms with van der Waals surface area (Å²) in [5, 5.41) is 17.3. The van der Waals surface area contributed by atoms with Crippen LogP contribution in [-0.4, -0.2) is 32.8 Å². The number of para-hydroxylation sites is 1. The van der Waals surface area contributed by atoms with Crippen molar-refractivity contribution in [2.24, 2.45) is 0 Å². The Hall–Kier alpha value is -4.08. The van der Waals surface area contributed by atoms with E-state index < -0.39 is 41.5 Å². The van der Waals surface area contributed by atoms with Gasteiger partial charge >= 0.3 is 12.0 Å². The Labute approximate surface area is 156 Å². The predicted octanol–water partition coefficient (Wildman–Crippen LogP) is 1.58. The molecule has 142 valence electrons. The van der Waals surface area contributed by atoms with Crippen molar-refractivity contribution in [1.29, 1.82) is 0 Å². The Morgan fingerprint density at radius 3 is 2.36 bits per heavy atom. The molecule has 28 heavy (non-hydrogen) atoms. The van der Waals surface area contributed by atoms with Crippen LogP contribution >= 0.6 is 0 Å². The standard InChI is InChI=1S/C18H13FN4O5/c19-12-7-3-4-8-13(12)20-18(28)21-14(24)9-23-16(25)11-6-2-1-5-10(11)15(22-23)17(26)27/h1-8H,9H2,(H,26,27)(H2,20,21,24,28). The number of halogens is 1. The first-order valence-electron chi connectivity index (χ1n) is 7.95. The summed E-state index contributed by atoms with van der Waals surface area (Å²) >= 11 is 0. The van der Waals surface area contributed by atoms with E-state index in [1.807, 2.05) is 5.32 Å². The van der Waals surface area contributed by atoms with E-state index in [0.29, 0.717) is 4.68 Å². The summed E-state index contributed by atoms with van der Waals surface area (Å²) in [5.41, 5.74) is -1.23. The molecular formula is C18H13FN4O5. The van der Waals surface area contributed by atoms with Crippen LogP contribution in [0.1, 0.15) is 10.5 Å². The number of benzene rings is 2. The molecule has 0 unspecified atom stereocenters. The number of nitrogens with zero attached hydrogens (tertiary/aromatic N) is 2. The fourth-order valence-electron chi connectivity index (χ4n) is 2.52. The number of aromatic nitrogens is 2. The molecule has 0 saturated heterocycles. The van der Waals surface area contributed by atoms with Crippen LogP contribution in [0, 0.1) is 5.82 Å². The molecule has 3 aromatic rings. The third-order valence-corrected chi connectivity index (χ3v) is 3.74. The number of rotatable bonds is 4. The monoisotopic (exact) mass is 384 g/mol. The maximum Gasteiger partial charge on any atom is 0.357 e. The van der Waals surface area contributed by atoms with Crippen molar-refractivity contribution in [2.45, 2.75) is 6.54 Å². The van der Waals surface area contributed by atoms with E-state index in [0.717, 1.165) is 6.07 Å². The number of hydrogen-bond donors (Lipinski definition) is 3. The summed E-state index contributed by atoms with van der Waals surface area (Å²) in [5.74, 6) is -3.00. The lowest BCUT2D eigenvalue weighted by Crippen LogP contribution is -2.39. The number of carboxylic acid groups (broad SMARTS) is 1. The van der Waals surface area contributed by atoms with Crippen molar-refractivity contribution >= 4 is 34.4 Å². The Bertz CT molecular complexity index is 1160. The normalized spacial score (nSPS) is 10.5. The van der Waals surface area contributed by atoms with Crippen LogP contribution in [0.15, 0.2) is 53.3 Å². The number of nitrogens with one attached hydrogen (secondary N) is 2. The second kappa shape index (κ2) is 7.66. The van der Waals surface area contributed by atoms with Gasteiger partial charge in [0, 0.05) is 5.39 Å². The molecular weight excluding hydrogens is 371 g/mol. The zero-order chi connectivity index (χ0) is 20.3. The highest BCUT2D eigenvalue weighted by molar-refractivity contribution is 6.02. The molecule has 1 aromatic heterocycles. The first-order chi connectivity index (χ1) is 13.4. The van der Waals surface area contributed by atoms with E-state index in [2.05, 4.69) is 10.4 Å². The molecule has 0 spiro atoms. The van der Waals surface area contributed by atoms with Gasteiger partial charge in [-0.05, 0) is 18.2 Å². The van der Waals surface area contributed by atoms with E-state index in [1.165, 1.54) is 30.3 Å². The van der Waals surface area contributed by atoms with Crippen LogP contribution in [-0.2, 0) is 11.3 Å². The van der Waals surface area contributed by atoms with E-state index in [9.17, 15) is 28.7 Å². The van der Waals surface area contributed by atoms with Gasteiger partial charge in [-0.1, -0.05) is 30.3 Å². The molecule has 0 radical (unpaired) electrons. The number of hydrogen-bond acceptors (Lipinski definition) is 5. The van der Waals surface area contributed by atoms with Crippen molar-refractivity contribution in [3.63, 3.8) is 0 Å². The minimum Gasteiger partial charge on any atom is -0.476 e. The van der Waals surface area contributed by atoms with Gasteiger partial charge < -0.3 is 10.4 Å². The van der Waals surface area contributed by atoms with Crippen LogP contribution in [0.25, 0.3) is 10.8 Å². The topological polar surface area (TPSA) is 130 Å². The summed E-state index contributed by atoms with van der Waals surface area (Å²) in [6.07, 6.45) is 0. The van der Waals surface area contributed by atoms with E-state index in [1.54, 1.807) is 12.1 Å². The third-order valence-electron chi connectivity index (χ3n) is 3.74. The number of aromatic carboxylic acids is 1. The van der Waals surface area contributed by atoms with Crippen molar-refractivity contribution in [2.75, 3.05) is 5.32 Å². The Morgan fingerprint density at radius 2 is 1.68 bits per heavy atom. The number of carbonyl (C=O) groups excluding carboxylic acids is 2. The summed E-state index contributed by atoms with van der Waals surface area (Å²) < 4.78 is 14.2. The van der Waals surface area contributed by atoms with Gasteiger partial charge in [-0.2, -0.15) is 5.10 Å². The summed E-state index contributed by atoms with van der Waals surface area (Å²) in [7, 11) is 0. The second-order valence-corrected chi connectivity index (χ2v) is 5.64. The van der Waals surface area contributed by atoms with Crippen LogP contribution < -0.4 is 16.2 Å². The van der Waals surface area contributed by atoms with Gasteiger partial charge in [-0.15, -0.1) is 0 Å². The molecule has 2 aromatic carbocycles. The first kappa shape index (κ1) is 18.7. The fourth-order valence-corrected chi connectivity index (χ4v) is 2.52. The minimum atomic E-state index is -1.37. The zero-order valence-corrected chi connectivity index (χ0v) is 14.2. The van der Waals surface area contributed by atoms with Crippen molar-refractivity contribution in [1.82, 2.24) is 15.1 Å². The molecule has 0 aliphatic carbocycles. The van der Waals surface area contributed by atoms with Gasteiger partial charge in [-0.25, -0.2) is 18.7 Å². The average Bonchev–Trinajstić information content (AvgIpc) is 2.65. The number of imide groups is 1. The van der Waals surface area contributed by atoms with Gasteiger partial charge in [0.25, 0.3) is 5.56 Å². The molecule has 0 atom stereocenters. The number of carboxylic acids is 1. The molecule has 9 nitrogen and oxygen atoms in total. The maximum absolute atomic E-state index is 13.5. The highest BCUT2D eigenvalue weighted by Gasteiger charge is 2.18. The Balaban J connectivity index is 1.80. The predicted molar refractivity (Wildman–Crippen MR) is 96.5 cm³/mol. The van der Waals surface area contributed by atoms with E-state index in [4.69, 9.17) is 0 Å². The lowest BCUT2D eigenvalue weighted by Gasteiger charge is -2.10. The van der Waals surface area contributed by atoms with Gasteiger partial charge in [-0.3, -0.25) is 14.9 Å². The molecule has 3 rings (SSSR count). The Kier molecular flexibility index (Phi) is 5.12. The summed E-state index contributed by atoms with van der Waals surface area (Å²) in [6.45, 7) is -0.700. The second-order valence-electron chi connectivity index (χ2n) is 5.64. The fraction of sp³-hybridized carbons (Fsp3) is 0.0556. The van der Waals surface area contributed by atoms with Gasteiger partial charge in [0.2, 0.25) is 5.91 Å². The molecule has 0 saturated carbocycles. The van der Waals surface area contributed by atoms with Gasteiger partial charge in [0.1, 0.15) is 12.4 Å². The summed E-state index contributed by atoms with van der Waals surface area (Å²) in [4.78, 5) is 47.7. The maximum atomic E-state index is 13.5. The van der Waals surface area contributed by atoms with Crippen LogP contribution in [0.2, 0.25) is 0 Å². The van der Waals surface area contributed by atoms with Gasteiger partial charge in [0.15, 0.2) is 5.69 Å². The van der Waals surface area contributed by atoms with Crippen molar-refractivity contribution < 1.29 is 23.9 Å². The van der Waals surface area contributed by atoms with E-state index in [-0.39, 0.29) is 16.5 Å². The highest BCUT2D eigenvalue weighted by atomic mass is 19.1. The first-order valence-corrected chi connectivity index (χ1v) is 7.95. The number of urea groups is 1. The molecule has 3 N–H and O–H groups in total. The number of anilines is 1. The quantitative estimate of drug-likeness (QED) is 0.626. The molecule has 0 aliphatic heterocycles. The highest BCUT2D eigenvalue weighted by Crippen LogP contribution is 2.13. The Morgan fingerprint density at radius 1 is 1.04 bits per heavy atom. The van der Waals surface area contributed by atoms with E-state index >= 15 is 0 Å². The molecule has 3 amide bonds. The number of amides is 3. The lowest BCUT2D eigenvalue weighted by atomic mass is 10.1. The molecule has 0 bridgehead atoms. The third kappa shape index (κ3) is 3.85. The SMILES string of the molecule is O=C(Cn1nc(C(=O)O)c2ccccc2c1=O)NC(=O)Nc1ccccc1F. The lowest BCUT2D eigenvalue weighted by molar-refractivity contribution is -0.120. The molecule has 0 fully saturated rings. The molecule has 10 heteroatoms. The largest absolute Gasteiger partial charge is 0.476 e. The summed E-state index contributed by atoms with van der Waals surface area (Å²) in [6, 6.07) is 10.3.